The number of rotatable bonds is 48. The fourth-order valence-electron chi connectivity index (χ4n) is 20.3. The Bertz CT molecular complexity index is 5420. The molecule has 0 spiro atoms. The SMILES string of the molecule is C=CCN(C(=O)OCc1ccc(C)cc1)C1CCN(CCC(C)(C(=O)N(C)CC(=O)O)c2ccccc2)CC1.C=CCN(C(=O)OCc1ccc(C)cc1)C1CCN(CCC(C)(CCCC(=O)O)c2ccccc2)CC1.C=CCN(C(=O)OCc1ccc(C)cc1)C1CCN(CCC(C)(CCCC)c2ccccc2)CC1.C=CCN(C(=O)OCc1ccc(C)cc1)C1CCN(CCC(Cn2cncn2)c2ccccc2)CC1. The molecule has 8 aromatic carbocycles. The second-order valence-electron chi connectivity index (χ2n) is 40.9. The second-order valence-corrected chi connectivity index (χ2v) is 40.9. The molecule has 9 aromatic rings. The lowest BCUT2D eigenvalue weighted by atomic mass is 9.75. The number of aromatic nitrogens is 3. The monoisotopic (exact) mass is 2010 g/mol. The van der Waals surface area contributed by atoms with Gasteiger partial charge in [-0.2, -0.15) is 5.10 Å². The van der Waals surface area contributed by atoms with Gasteiger partial charge in [-0.3, -0.25) is 19.1 Å². The van der Waals surface area contributed by atoms with E-state index in [1.807, 2.05) is 181 Å². The Morgan fingerprint density at radius 2 is 0.707 bits per heavy atom. The first-order valence-corrected chi connectivity index (χ1v) is 53.0. The predicted octanol–water partition coefficient (Wildman–Crippen LogP) is 22.8. The van der Waals surface area contributed by atoms with Gasteiger partial charge >= 0.3 is 36.3 Å². The van der Waals surface area contributed by atoms with E-state index < -0.39 is 17.4 Å². The Balaban J connectivity index is 0.000000201. The molecule has 790 valence electrons. The smallest absolute Gasteiger partial charge is 0.410 e. The van der Waals surface area contributed by atoms with Gasteiger partial charge in [0, 0.05) is 129 Å². The molecule has 0 radical (unpaired) electrons. The van der Waals surface area contributed by atoms with Crippen LogP contribution in [0.15, 0.2) is 282 Å². The molecule has 25 heteroatoms. The van der Waals surface area contributed by atoms with Gasteiger partial charge in [-0.05, 0) is 212 Å². The first kappa shape index (κ1) is 116. The predicted molar refractivity (Wildman–Crippen MR) is 586 cm³/mol. The van der Waals surface area contributed by atoms with Crippen molar-refractivity contribution in [1.82, 2.24) is 58.9 Å². The number of hydrogen-bond donors (Lipinski definition) is 2. The van der Waals surface area contributed by atoms with Gasteiger partial charge in [0.2, 0.25) is 5.91 Å². The lowest BCUT2D eigenvalue weighted by Crippen LogP contribution is -2.50. The van der Waals surface area contributed by atoms with E-state index >= 15 is 0 Å². The molecule has 4 saturated heterocycles. The Kier molecular flexibility index (Phi) is 48.2. The highest BCUT2D eigenvalue weighted by Crippen LogP contribution is 2.38. The van der Waals surface area contributed by atoms with Crippen molar-refractivity contribution in [3.8, 4) is 0 Å². The topological polar surface area (TPSA) is 257 Å². The van der Waals surface area contributed by atoms with E-state index in [4.69, 9.17) is 24.1 Å². The minimum atomic E-state index is -1.04. The van der Waals surface area contributed by atoms with Crippen LogP contribution in [0.5, 0.6) is 0 Å². The molecule has 0 aliphatic carbocycles. The Morgan fingerprint density at radius 1 is 0.401 bits per heavy atom. The first-order valence-electron chi connectivity index (χ1n) is 53.0. The highest BCUT2D eigenvalue weighted by atomic mass is 16.6. The third-order valence-electron chi connectivity index (χ3n) is 29.7. The van der Waals surface area contributed by atoms with E-state index in [-0.39, 0.29) is 98.1 Å². The third-order valence-corrected chi connectivity index (χ3v) is 29.7. The van der Waals surface area contributed by atoms with Crippen LogP contribution in [0.25, 0.3) is 0 Å². The molecule has 2 N–H and O–H groups in total. The number of amides is 5. The zero-order valence-corrected chi connectivity index (χ0v) is 89.0. The number of likely N-dealkylation sites (N-methyl/N-ethyl adjacent to an activating group) is 1. The van der Waals surface area contributed by atoms with Crippen molar-refractivity contribution in [3.63, 3.8) is 0 Å². The van der Waals surface area contributed by atoms with Crippen molar-refractivity contribution in [1.29, 1.82) is 0 Å². The van der Waals surface area contributed by atoms with Gasteiger partial charge in [0.25, 0.3) is 0 Å². The average molecular weight is 2010 g/mol. The van der Waals surface area contributed by atoms with E-state index in [0.717, 1.165) is 189 Å². The number of likely N-dealkylation sites (tertiary alicyclic amines) is 4. The molecular formula is C122H164N12O13. The van der Waals surface area contributed by atoms with Crippen molar-refractivity contribution in [2.75, 3.05) is 118 Å². The molecule has 0 bridgehead atoms. The summed E-state index contributed by atoms with van der Waals surface area (Å²) in [6.45, 7) is 47.0. The zero-order chi connectivity index (χ0) is 105. The second kappa shape index (κ2) is 61.1. The van der Waals surface area contributed by atoms with Gasteiger partial charge in [0.15, 0.2) is 0 Å². The summed E-state index contributed by atoms with van der Waals surface area (Å²) in [5, 5.41) is 22.6. The molecule has 147 heavy (non-hydrogen) atoms. The van der Waals surface area contributed by atoms with Crippen molar-refractivity contribution in [2.24, 2.45) is 0 Å². The van der Waals surface area contributed by atoms with Crippen LogP contribution in [-0.4, -0.2) is 254 Å². The Hall–Kier alpha value is -12.8. The number of carbonyl (C=O) groups excluding carboxylic acids is 5. The summed E-state index contributed by atoms with van der Waals surface area (Å²) in [6.07, 6.45) is 25.7. The molecule has 4 aliphatic rings. The van der Waals surface area contributed by atoms with Gasteiger partial charge in [-0.25, -0.2) is 24.2 Å². The van der Waals surface area contributed by atoms with Gasteiger partial charge in [0.05, 0.1) is 5.41 Å². The third kappa shape index (κ3) is 38.1. The normalized spacial score (nSPS) is 15.9. The number of hydrogen-bond acceptors (Lipinski definition) is 17. The Labute approximate surface area is 875 Å². The van der Waals surface area contributed by atoms with Gasteiger partial charge < -0.3 is 73.3 Å². The summed E-state index contributed by atoms with van der Waals surface area (Å²) < 4.78 is 24.5. The maximum Gasteiger partial charge on any atom is 0.410 e. The summed E-state index contributed by atoms with van der Waals surface area (Å²) in [5.74, 6) is -1.61. The molecule has 5 amide bonds. The molecule has 4 fully saturated rings. The van der Waals surface area contributed by atoms with Crippen LogP contribution in [0.2, 0.25) is 0 Å². The highest BCUT2D eigenvalue weighted by Gasteiger charge is 2.41. The van der Waals surface area contributed by atoms with Crippen LogP contribution in [0, 0.1) is 27.7 Å². The number of carboxylic acids is 2. The van der Waals surface area contributed by atoms with Crippen molar-refractivity contribution >= 4 is 42.2 Å². The standard InChI is InChI=1S/C31H41N3O5.C31H42N2O4.C31H44N2O2.C29H37N5O2/c1-5-18-34(30(38)39-23-25-13-11-24(2)12-14-25)27-15-19-33(20-16-27)21-17-31(3,26-9-7-6-8-10-26)29(37)32(4)22-28(35)36;1-4-20-33(30(36)37-24-26-14-12-25(2)13-15-26)28-16-21-32(22-17-28)23-19-31(3,18-8-11-29(34)35)27-9-6-5-7-10-27;1-5-7-19-31(4,28-11-9-8-10-12-28)20-24-32-22-17-29(18-23-32)33(21-6-2)30(34)35-25-27-15-13-26(3)14-16-27;1-3-16-34(29(35)36-21-25-11-9-24(2)10-12-25)28-14-18-32(19-15-28)17-13-27(20-33-23-30-22-31-33)26-7-5-4-6-8-26/h5-14,27H,1,15-23H2,2-4H3,(H,35,36);4-7,9-10,12-15,28H,1,8,11,16-24H2,2-3H3,(H,34,35);6,8-16,29H,2,5,7,17-25H2,1,3-4H3;3-12,22-23,27-28H,1,13-21H2,2H3. The van der Waals surface area contributed by atoms with Gasteiger partial charge in [-0.15, -0.1) is 26.3 Å². The summed E-state index contributed by atoms with van der Waals surface area (Å²) in [5.41, 5.74) is 12.9. The number of unbranched alkanes of at least 4 members (excludes halogenated alkanes) is 1. The number of aliphatic carboxylic acids is 2. The number of carboxylic acid groups (broad SMARTS) is 2. The minimum Gasteiger partial charge on any atom is -0.481 e. The quantitative estimate of drug-likeness (QED) is 0.0265. The van der Waals surface area contributed by atoms with Crippen LogP contribution in [0.3, 0.4) is 0 Å². The van der Waals surface area contributed by atoms with Crippen LogP contribution >= 0.6 is 0 Å². The fraction of sp³-hybridized carbons (Fsp3) is 0.467. The number of piperidine rings is 4. The summed E-state index contributed by atoms with van der Waals surface area (Å²) in [4.78, 5) is 110. The average Bonchev–Trinajstić information content (AvgIpc) is 1.46. The summed E-state index contributed by atoms with van der Waals surface area (Å²) in [7, 11) is 1.54. The molecule has 4 unspecified atom stereocenters. The lowest BCUT2D eigenvalue weighted by Gasteiger charge is -2.39. The Morgan fingerprint density at radius 3 is 1.01 bits per heavy atom. The highest BCUT2D eigenvalue weighted by molar-refractivity contribution is 5.90. The van der Waals surface area contributed by atoms with E-state index in [9.17, 15) is 38.7 Å². The molecule has 4 atom stereocenters. The minimum absolute atomic E-state index is 0.0496. The van der Waals surface area contributed by atoms with E-state index in [0.29, 0.717) is 58.1 Å². The number of ether oxygens (including phenoxy) is 4. The summed E-state index contributed by atoms with van der Waals surface area (Å²) >= 11 is 0. The zero-order valence-electron chi connectivity index (χ0n) is 89.0. The van der Waals surface area contributed by atoms with Gasteiger partial charge in [0.1, 0.15) is 45.6 Å². The fourth-order valence-corrected chi connectivity index (χ4v) is 20.3. The lowest BCUT2D eigenvalue weighted by molar-refractivity contribution is -0.146. The maximum absolute atomic E-state index is 13.4. The van der Waals surface area contributed by atoms with Crippen molar-refractivity contribution in [3.05, 3.63) is 348 Å². The number of carbonyl (C=O) groups is 7. The molecule has 4 aliphatic heterocycles. The van der Waals surface area contributed by atoms with Crippen LogP contribution < -0.4 is 0 Å². The molecule has 5 heterocycles. The first-order chi connectivity index (χ1) is 71.0. The molecule has 1 aromatic heterocycles. The molecule has 25 nitrogen and oxygen atoms in total. The van der Waals surface area contributed by atoms with E-state index in [2.05, 4.69) is 169 Å². The van der Waals surface area contributed by atoms with Crippen LogP contribution in [-0.2, 0) is 82.5 Å². The van der Waals surface area contributed by atoms with Gasteiger partial charge in [-0.1, -0.05) is 299 Å². The maximum atomic E-state index is 13.4. The van der Waals surface area contributed by atoms with Crippen molar-refractivity contribution in [2.45, 2.75) is 250 Å². The number of benzene rings is 8. The number of nitrogens with zero attached hydrogens (tertiary/aromatic N) is 12. The number of aryl methyl sites for hydroxylation is 4. The van der Waals surface area contributed by atoms with E-state index in [1.54, 1.807) is 41.9 Å². The van der Waals surface area contributed by atoms with Crippen molar-refractivity contribution < 1.29 is 62.7 Å². The summed E-state index contributed by atoms with van der Waals surface area (Å²) in [6, 6.07) is 74.4. The van der Waals surface area contributed by atoms with Crippen LogP contribution in [0.4, 0.5) is 19.2 Å². The molecule has 0 saturated carbocycles. The van der Waals surface area contributed by atoms with E-state index in [1.165, 1.54) is 64.6 Å². The molecular weight excluding hydrogens is 1840 g/mol. The largest absolute Gasteiger partial charge is 0.481 e. The van der Waals surface area contributed by atoms with Crippen LogP contribution in [0.1, 0.15) is 216 Å². The molecule has 13 rings (SSSR count).